The number of rotatable bonds is 10. The van der Waals surface area contributed by atoms with Crippen LogP contribution in [-0.2, 0) is 16.1 Å². The number of aromatic nitrogens is 3. The van der Waals surface area contributed by atoms with E-state index in [1.807, 2.05) is 56.5 Å². The molecule has 1 unspecified atom stereocenters. The Morgan fingerprint density at radius 3 is 2.48 bits per heavy atom. The van der Waals surface area contributed by atoms with E-state index < -0.39 is 5.54 Å². The summed E-state index contributed by atoms with van der Waals surface area (Å²) in [6, 6.07) is 14.5. The molecule has 4 aromatic rings. The molecule has 3 heterocycles. The molecule has 0 radical (unpaired) electrons. The van der Waals surface area contributed by atoms with Crippen molar-refractivity contribution >= 4 is 52.2 Å². The molecule has 1 N–H and O–H groups in total. The number of fused-ring (bicyclic) bond motifs is 1. The molecule has 5 rings (SSSR count). The van der Waals surface area contributed by atoms with Crippen LogP contribution in [0.3, 0.4) is 0 Å². The van der Waals surface area contributed by atoms with Crippen LogP contribution in [0, 0.1) is 13.8 Å². The molecule has 0 aliphatic carbocycles. The minimum atomic E-state index is -1.19. The largest absolute Gasteiger partial charge is 0.454 e. The first-order valence-electron chi connectivity index (χ1n) is 13.3. The zero-order valence-corrected chi connectivity index (χ0v) is 26.0. The average Bonchev–Trinajstić information content (AvgIpc) is 3.63. The van der Waals surface area contributed by atoms with Gasteiger partial charge in [-0.3, -0.25) is 9.59 Å². The second kappa shape index (κ2) is 12.7. The number of hydrogen-bond acceptors (Lipinski definition) is 9. The molecule has 1 aliphatic heterocycles. The minimum Gasteiger partial charge on any atom is -0.454 e. The lowest BCUT2D eigenvalue weighted by Crippen LogP contribution is -2.57. The Balaban J connectivity index is 1.41. The average molecular weight is 624 g/mol. The molecule has 12 heteroatoms. The molecular formula is C30H30ClN5O4S2. The van der Waals surface area contributed by atoms with E-state index in [0.29, 0.717) is 38.8 Å². The van der Waals surface area contributed by atoms with Gasteiger partial charge in [-0.1, -0.05) is 42.4 Å². The van der Waals surface area contributed by atoms with Crippen molar-refractivity contribution in [1.29, 1.82) is 0 Å². The maximum atomic E-state index is 13.9. The first-order chi connectivity index (χ1) is 20.1. The Morgan fingerprint density at radius 2 is 1.76 bits per heavy atom. The van der Waals surface area contributed by atoms with Crippen molar-refractivity contribution in [2.45, 2.75) is 51.4 Å². The van der Waals surface area contributed by atoms with E-state index in [-0.39, 0.29) is 30.9 Å². The molecule has 2 aromatic heterocycles. The van der Waals surface area contributed by atoms with Gasteiger partial charge in [-0.15, -0.1) is 11.3 Å². The number of halogens is 1. The van der Waals surface area contributed by atoms with Crippen LogP contribution < -0.4 is 14.8 Å². The monoisotopic (exact) mass is 623 g/mol. The van der Waals surface area contributed by atoms with Gasteiger partial charge < -0.3 is 19.7 Å². The van der Waals surface area contributed by atoms with Gasteiger partial charge in [-0.05, 0) is 57.5 Å². The number of carbonyl (C=O) groups is 2. The highest BCUT2D eigenvalue weighted by Gasteiger charge is 2.41. The molecule has 0 fully saturated rings. The summed E-state index contributed by atoms with van der Waals surface area (Å²) >= 11 is 8.74. The van der Waals surface area contributed by atoms with Gasteiger partial charge >= 0.3 is 0 Å². The summed E-state index contributed by atoms with van der Waals surface area (Å²) in [5, 5.41) is 6.78. The topological polar surface area (TPSA) is 107 Å². The van der Waals surface area contributed by atoms with Crippen LogP contribution in [0.4, 0.5) is 5.69 Å². The number of anilines is 1. The number of carbonyl (C=O) groups excluding carboxylic acids is 2. The molecule has 9 nitrogen and oxygen atoms in total. The molecule has 1 aliphatic rings. The lowest BCUT2D eigenvalue weighted by Gasteiger charge is -2.39. The SMILES string of the molecule is CCC(C)(C(=O)Nc1ccc2c(c1)OCO2)N(Cc1nc(-c2ccc(Cl)cc2)cs1)C(=O)CSc1nc(C)cc(C)n1. The van der Waals surface area contributed by atoms with Crippen LogP contribution in [0.5, 0.6) is 11.5 Å². The van der Waals surface area contributed by atoms with Gasteiger partial charge in [-0.2, -0.15) is 0 Å². The van der Waals surface area contributed by atoms with E-state index in [9.17, 15) is 9.59 Å². The summed E-state index contributed by atoms with van der Waals surface area (Å²) in [5.74, 6) is 0.691. The Bertz CT molecular complexity index is 1590. The summed E-state index contributed by atoms with van der Waals surface area (Å²) < 4.78 is 10.9. The molecule has 0 saturated carbocycles. The van der Waals surface area contributed by atoms with Gasteiger partial charge in [0.15, 0.2) is 16.7 Å². The molecule has 1 atom stereocenters. The fourth-order valence-corrected chi connectivity index (χ4v) is 6.23. The van der Waals surface area contributed by atoms with Crippen molar-refractivity contribution in [3.8, 4) is 22.8 Å². The van der Waals surface area contributed by atoms with Crippen molar-refractivity contribution in [1.82, 2.24) is 19.9 Å². The van der Waals surface area contributed by atoms with Gasteiger partial charge in [0, 0.05) is 39.1 Å². The van der Waals surface area contributed by atoms with Gasteiger partial charge in [0.1, 0.15) is 10.5 Å². The Morgan fingerprint density at radius 1 is 1.05 bits per heavy atom. The number of hydrogen-bond donors (Lipinski definition) is 1. The highest BCUT2D eigenvalue weighted by Crippen LogP contribution is 2.35. The summed E-state index contributed by atoms with van der Waals surface area (Å²) in [5.41, 5.74) is 2.71. The zero-order chi connectivity index (χ0) is 29.9. The van der Waals surface area contributed by atoms with Crippen LogP contribution in [-0.4, -0.2) is 49.8 Å². The quantitative estimate of drug-likeness (QED) is 0.157. The molecule has 0 saturated heterocycles. The Labute approximate surface area is 257 Å². The van der Waals surface area contributed by atoms with E-state index >= 15 is 0 Å². The van der Waals surface area contributed by atoms with Crippen molar-refractivity contribution < 1.29 is 19.1 Å². The molecule has 0 bridgehead atoms. The molecule has 0 spiro atoms. The van der Waals surface area contributed by atoms with E-state index in [1.54, 1.807) is 30.0 Å². The fraction of sp³-hybridized carbons (Fsp3) is 0.300. The van der Waals surface area contributed by atoms with E-state index in [1.165, 1.54) is 23.1 Å². The van der Waals surface area contributed by atoms with Crippen LogP contribution in [0.15, 0.2) is 59.1 Å². The van der Waals surface area contributed by atoms with Gasteiger partial charge in [0.2, 0.25) is 18.6 Å². The van der Waals surface area contributed by atoms with Crippen LogP contribution >= 0.6 is 34.7 Å². The van der Waals surface area contributed by atoms with Crippen LogP contribution in [0.25, 0.3) is 11.3 Å². The predicted molar refractivity (Wildman–Crippen MR) is 165 cm³/mol. The number of benzene rings is 2. The zero-order valence-electron chi connectivity index (χ0n) is 23.6. The first kappa shape index (κ1) is 29.8. The van der Waals surface area contributed by atoms with E-state index in [0.717, 1.165) is 22.6 Å². The fourth-order valence-electron chi connectivity index (χ4n) is 4.49. The van der Waals surface area contributed by atoms with E-state index in [4.69, 9.17) is 26.1 Å². The number of thiazole rings is 1. The molecule has 2 aromatic carbocycles. The molecule has 42 heavy (non-hydrogen) atoms. The third-order valence-corrected chi connectivity index (χ3v) is 8.89. The number of amides is 2. The summed E-state index contributed by atoms with van der Waals surface area (Å²) in [4.78, 5) is 43.1. The second-order valence-corrected chi connectivity index (χ2v) is 12.3. The van der Waals surface area contributed by atoms with Crippen molar-refractivity contribution in [2.24, 2.45) is 0 Å². The highest BCUT2D eigenvalue weighted by atomic mass is 35.5. The number of nitrogens with one attached hydrogen (secondary N) is 1. The molecule has 218 valence electrons. The Kier molecular flexibility index (Phi) is 9.00. The summed E-state index contributed by atoms with van der Waals surface area (Å²) in [6.45, 7) is 7.74. The highest BCUT2D eigenvalue weighted by molar-refractivity contribution is 7.99. The van der Waals surface area contributed by atoms with Gasteiger partial charge in [0.05, 0.1) is 18.0 Å². The maximum absolute atomic E-state index is 13.9. The maximum Gasteiger partial charge on any atom is 0.250 e. The second-order valence-electron chi connectivity index (χ2n) is 9.98. The normalized spacial score (nSPS) is 13.5. The number of ether oxygens (including phenoxy) is 2. The summed E-state index contributed by atoms with van der Waals surface area (Å²) in [7, 11) is 0. The number of aryl methyl sites for hydroxylation is 2. The Hall–Kier alpha value is -3.67. The lowest BCUT2D eigenvalue weighted by atomic mass is 9.94. The first-order valence-corrected chi connectivity index (χ1v) is 15.6. The van der Waals surface area contributed by atoms with Gasteiger partial charge in [0.25, 0.3) is 0 Å². The number of thioether (sulfide) groups is 1. The predicted octanol–water partition coefficient (Wildman–Crippen LogP) is 6.53. The number of nitrogens with zero attached hydrogens (tertiary/aromatic N) is 4. The lowest BCUT2D eigenvalue weighted by molar-refractivity contribution is -0.143. The molecular weight excluding hydrogens is 594 g/mol. The van der Waals surface area contributed by atoms with Crippen molar-refractivity contribution in [3.63, 3.8) is 0 Å². The third-order valence-electron chi connectivity index (χ3n) is 6.98. The van der Waals surface area contributed by atoms with Crippen molar-refractivity contribution in [2.75, 3.05) is 17.9 Å². The molecule has 2 amide bonds. The standard InChI is InChI=1S/C30H30ClN5O4S2/c1-5-30(4,28(38)34-22-10-11-24-25(13-22)40-17-39-24)36(27(37)16-42-29-32-18(2)12-19(3)33-29)14-26-35-23(15-41-26)20-6-8-21(31)9-7-20/h6-13,15H,5,14,16-17H2,1-4H3,(H,34,38). The van der Waals surface area contributed by atoms with Crippen LogP contribution in [0.1, 0.15) is 36.7 Å². The van der Waals surface area contributed by atoms with Crippen LogP contribution in [0.2, 0.25) is 5.02 Å². The minimum absolute atomic E-state index is 0.0607. The summed E-state index contributed by atoms with van der Waals surface area (Å²) in [6.07, 6.45) is 0.370. The third kappa shape index (κ3) is 6.69. The van der Waals surface area contributed by atoms with E-state index in [2.05, 4.69) is 15.3 Å². The van der Waals surface area contributed by atoms with Crippen molar-refractivity contribution in [3.05, 3.63) is 75.3 Å². The van der Waals surface area contributed by atoms with Gasteiger partial charge in [-0.25, -0.2) is 15.0 Å². The smallest absolute Gasteiger partial charge is 0.250 e.